The first-order valence-electron chi connectivity index (χ1n) is 5.78. The van der Waals surface area contributed by atoms with Crippen LogP contribution in [0.3, 0.4) is 0 Å². The molecule has 4 heteroatoms. The number of nitrogens with two attached hydrogens (primary N) is 1. The number of nitrogens with zero attached hydrogens (tertiary/aromatic N) is 3. The van der Waals surface area contributed by atoms with Crippen molar-refractivity contribution in [2.45, 2.75) is 33.7 Å². The molecule has 0 aliphatic rings. The van der Waals surface area contributed by atoms with E-state index in [4.69, 9.17) is 5.73 Å². The van der Waals surface area contributed by atoms with Crippen molar-refractivity contribution >= 4 is 5.69 Å². The lowest BCUT2D eigenvalue weighted by Crippen LogP contribution is -2.06. The third kappa shape index (κ3) is 2.02. The van der Waals surface area contributed by atoms with Crippen LogP contribution < -0.4 is 5.73 Å². The van der Waals surface area contributed by atoms with Crippen LogP contribution in [0.15, 0.2) is 18.2 Å². The van der Waals surface area contributed by atoms with E-state index < -0.39 is 0 Å². The van der Waals surface area contributed by atoms with Crippen LogP contribution in [0.5, 0.6) is 0 Å². The van der Waals surface area contributed by atoms with E-state index in [2.05, 4.69) is 28.6 Å². The van der Waals surface area contributed by atoms with Crippen molar-refractivity contribution in [3.63, 3.8) is 0 Å². The average molecular weight is 230 g/mol. The maximum atomic E-state index is 5.77. The summed E-state index contributed by atoms with van der Waals surface area (Å²) < 4.78 is 2.14. The summed E-state index contributed by atoms with van der Waals surface area (Å²) in [4.78, 5) is 0. The average Bonchev–Trinajstić information content (AvgIpc) is 2.60. The quantitative estimate of drug-likeness (QED) is 0.807. The van der Waals surface area contributed by atoms with Gasteiger partial charge < -0.3 is 10.3 Å². The van der Waals surface area contributed by atoms with Gasteiger partial charge in [0.1, 0.15) is 5.82 Å². The summed E-state index contributed by atoms with van der Waals surface area (Å²) in [6, 6.07) is 6.21. The molecule has 1 aromatic carbocycles. The number of hydrogen-bond acceptors (Lipinski definition) is 3. The molecular weight excluding hydrogens is 212 g/mol. The molecular formula is C13H18N4. The normalized spacial score (nSPS) is 11.1. The van der Waals surface area contributed by atoms with Crippen LogP contribution in [0.2, 0.25) is 0 Å². The first-order chi connectivity index (χ1) is 8.00. The van der Waals surface area contributed by atoms with Crippen molar-refractivity contribution < 1.29 is 0 Å². The summed E-state index contributed by atoms with van der Waals surface area (Å²) in [6.07, 6.45) is 0. The molecule has 0 saturated heterocycles. The standard InChI is InChI=1S/C13H18N4/c1-8(2)17-10(4)15-16-13(17)12-6-5-11(14)7-9(12)3/h5-8H,14H2,1-4H3. The van der Waals surface area contributed by atoms with Crippen molar-refractivity contribution in [1.29, 1.82) is 0 Å². The largest absolute Gasteiger partial charge is 0.399 e. The van der Waals surface area contributed by atoms with Gasteiger partial charge in [0.2, 0.25) is 0 Å². The summed E-state index contributed by atoms with van der Waals surface area (Å²) in [5.74, 6) is 1.85. The van der Waals surface area contributed by atoms with Gasteiger partial charge >= 0.3 is 0 Å². The smallest absolute Gasteiger partial charge is 0.164 e. The van der Waals surface area contributed by atoms with E-state index in [1.807, 2.05) is 32.0 Å². The maximum absolute atomic E-state index is 5.77. The van der Waals surface area contributed by atoms with E-state index >= 15 is 0 Å². The molecule has 0 bridgehead atoms. The fourth-order valence-corrected chi connectivity index (χ4v) is 2.11. The molecule has 0 atom stereocenters. The third-order valence-electron chi connectivity index (χ3n) is 2.87. The number of aryl methyl sites for hydroxylation is 2. The van der Waals surface area contributed by atoms with Gasteiger partial charge in [-0.15, -0.1) is 10.2 Å². The summed E-state index contributed by atoms with van der Waals surface area (Å²) in [5, 5.41) is 8.43. The van der Waals surface area contributed by atoms with Crippen molar-refractivity contribution in [1.82, 2.24) is 14.8 Å². The molecule has 4 nitrogen and oxygen atoms in total. The van der Waals surface area contributed by atoms with Crippen molar-refractivity contribution in [2.24, 2.45) is 0 Å². The van der Waals surface area contributed by atoms with Crippen LogP contribution in [-0.2, 0) is 0 Å². The zero-order valence-electron chi connectivity index (χ0n) is 10.7. The molecule has 90 valence electrons. The highest BCUT2D eigenvalue weighted by molar-refractivity contribution is 5.64. The van der Waals surface area contributed by atoms with Gasteiger partial charge in [0.25, 0.3) is 0 Å². The second-order valence-electron chi connectivity index (χ2n) is 4.61. The third-order valence-corrected chi connectivity index (χ3v) is 2.87. The molecule has 1 heterocycles. The lowest BCUT2D eigenvalue weighted by Gasteiger charge is -2.13. The lowest BCUT2D eigenvalue weighted by molar-refractivity contribution is 0.587. The Kier molecular flexibility index (Phi) is 2.88. The minimum Gasteiger partial charge on any atom is -0.399 e. The molecule has 1 aromatic heterocycles. The van der Waals surface area contributed by atoms with Crippen molar-refractivity contribution in [3.05, 3.63) is 29.6 Å². The summed E-state index contributed by atoms with van der Waals surface area (Å²) in [6.45, 7) is 8.28. The number of rotatable bonds is 2. The molecule has 0 amide bonds. The van der Waals surface area contributed by atoms with E-state index in [1.54, 1.807) is 0 Å². The van der Waals surface area contributed by atoms with E-state index in [9.17, 15) is 0 Å². The van der Waals surface area contributed by atoms with E-state index in [0.29, 0.717) is 6.04 Å². The highest BCUT2D eigenvalue weighted by Gasteiger charge is 2.14. The van der Waals surface area contributed by atoms with Crippen LogP contribution in [0, 0.1) is 13.8 Å². The topological polar surface area (TPSA) is 56.7 Å². The minimum absolute atomic E-state index is 0.344. The number of nitrogen functional groups attached to an aromatic ring is 1. The monoisotopic (exact) mass is 230 g/mol. The first-order valence-corrected chi connectivity index (χ1v) is 5.78. The molecule has 2 rings (SSSR count). The number of benzene rings is 1. The Bertz CT molecular complexity index is 540. The minimum atomic E-state index is 0.344. The van der Waals surface area contributed by atoms with Crippen LogP contribution in [-0.4, -0.2) is 14.8 Å². The molecule has 0 radical (unpaired) electrons. The number of hydrogen-bond donors (Lipinski definition) is 1. The van der Waals surface area contributed by atoms with Gasteiger partial charge in [-0.25, -0.2) is 0 Å². The molecule has 0 unspecified atom stereocenters. The van der Waals surface area contributed by atoms with E-state index in [0.717, 1.165) is 28.5 Å². The predicted octanol–water partition coefficient (Wildman–Crippen LogP) is 2.73. The molecule has 2 aromatic rings. The predicted molar refractivity (Wildman–Crippen MR) is 69.7 cm³/mol. The van der Waals surface area contributed by atoms with Gasteiger partial charge in [-0.2, -0.15) is 0 Å². The Balaban J connectivity index is 2.61. The Hall–Kier alpha value is -1.84. The van der Waals surface area contributed by atoms with Crippen LogP contribution >= 0.6 is 0 Å². The SMILES string of the molecule is Cc1cc(N)ccc1-c1nnc(C)n1C(C)C. The highest BCUT2D eigenvalue weighted by Crippen LogP contribution is 2.26. The van der Waals surface area contributed by atoms with Gasteiger partial charge in [0.15, 0.2) is 5.82 Å². The Morgan fingerprint density at radius 2 is 1.88 bits per heavy atom. The number of aromatic nitrogens is 3. The maximum Gasteiger partial charge on any atom is 0.164 e. The van der Waals surface area contributed by atoms with Crippen LogP contribution in [0.1, 0.15) is 31.3 Å². The second kappa shape index (κ2) is 4.20. The number of anilines is 1. The van der Waals surface area contributed by atoms with Crippen LogP contribution in [0.4, 0.5) is 5.69 Å². The Morgan fingerprint density at radius 3 is 2.47 bits per heavy atom. The Labute approximate surface area is 101 Å². The highest BCUT2D eigenvalue weighted by atomic mass is 15.3. The van der Waals surface area contributed by atoms with Gasteiger partial charge in [-0.3, -0.25) is 0 Å². The summed E-state index contributed by atoms with van der Waals surface area (Å²) >= 11 is 0. The first kappa shape index (κ1) is 11.6. The molecule has 0 spiro atoms. The zero-order valence-corrected chi connectivity index (χ0v) is 10.7. The van der Waals surface area contributed by atoms with Gasteiger partial charge in [0, 0.05) is 17.3 Å². The summed E-state index contributed by atoms with van der Waals surface area (Å²) in [5.41, 5.74) is 8.76. The molecule has 0 aliphatic carbocycles. The molecule has 0 aliphatic heterocycles. The fraction of sp³-hybridized carbons (Fsp3) is 0.385. The molecule has 0 fully saturated rings. The van der Waals surface area contributed by atoms with Gasteiger partial charge in [-0.1, -0.05) is 0 Å². The fourth-order valence-electron chi connectivity index (χ4n) is 2.11. The molecule has 17 heavy (non-hydrogen) atoms. The summed E-state index contributed by atoms with van der Waals surface area (Å²) in [7, 11) is 0. The van der Waals surface area contributed by atoms with E-state index in [1.165, 1.54) is 0 Å². The Morgan fingerprint density at radius 1 is 1.18 bits per heavy atom. The molecule has 0 saturated carbocycles. The second-order valence-corrected chi connectivity index (χ2v) is 4.61. The van der Waals surface area contributed by atoms with Crippen molar-refractivity contribution in [2.75, 3.05) is 5.73 Å². The van der Waals surface area contributed by atoms with Crippen LogP contribution in [0.25, 0.3) is 11.4 Å². The van der Waals surface area contributed by atoms with Crippen molar-refractivity contribution in [3.8, 4) is 11.4 Å². The van der Waals surface area contributed by atoms with E-state index in [-0.39, 0.29) is 0 Å². The lowest BCUT2D eigenvalue weighted by atomic mass is 10.1. The molecule has 2 N–H and O–H groups in total. The van der Waals surface area contributed by atoms with Gasteiger partial charge in [-0.05, 0) is 51.5 Å². The van der Waals surface area contributed by atoms with Gasteiger partial charge in [0.05, 0.1) is 0 Å². The zero-order chi connectivity index (χ0) is 12.6.